The van der Waals surface area contributed by atoms with E-state index in [1.165, 1.54) is 22.9 Å². The van der Waals surface area contributed by atoms with Crippen molar-refractivity contribution in [2.24, 2.45) is 7.05 Å². The Morgan fingerprint density at radius 1 is 1.41 bits per heavy atom. The molecule has 1 atom stereocenters. The largest absolute Gasteiger partial charge is 0.350 e. The van der Waals surface area contributed by atoms with E-state index in [9.17, 15) is 4.79 Å². The molecule has 2 aromatic heterocycles. The predicted molar refractivity (Wildman–Crippen MR) is 82.1 cm³/mol. The molecule has 0 spiro atoms. The van der Waals surface area contributed by atoms with Crippen LogP contribution in [0.3, 0.4) is 0 Å². The van der Waals surface area contributed by atoms with E-state index in [0.29, 0.717) is 18.7 Å². The molecule has 1 amide bonds. The summed E-state index contributed by atoms with van der Waals surface area (Å²) in [6.45, 7) is 1.83. The number of hydrogen-bond donors (Lipinski definition) is 1. The molecule has 1 N–H and O–H groups in total. The molecule has 114 valence electrons. The average molecular weight is 298 g/mol. The second-order valence-electron chi connectivity index (χ2n) is 5.36. The third kappa shape index (κ3) is 2.86. The maximum Gasteiger partial charge on any atom is 0.220 e. The van der Waals surface area contributed by atoms with Gasteiger partial charge in [-0.1, -0.05) is 23.4 Å². The van der Waals surface area contributed by atoms with E-state index >= 15 is 0 Å². The minimum atomic E-state index is -0.251. The molecule has 1 unspecified atom stereocenters. The van der Waals surface area contributed by atoms with Gasteiger partial charge in [-0.3, -0.25) is 4.79 Å². The predicted octanol–water partition coefficient (Wildman–Crippen LogP) is 2.37. The van der Waals surface area contributed by atoms with Crippen LogP contribution in [0.25, 0.3) is 10.9 Å². The molecule has 0 aliphatic heterocycles. The molecular formula is C16H18N4O2. The van der Waals surface area contributed by atoms with Crippen molar-refractivity contribution < 1.29 is 9.32 Å². The second kappa shape index (κ2) is 6.01. The standard InChI is InChI=1S/C16H18N4O2/c1-11(16-17-10-22-19-16)18-15(21)8-7-12-9-20(2)14-6-4-3-5-13(12)14/h3-6,9-11H,7-8H2,1-2H3,(H,18,21). The van der Waals surface area contributed by atoms with E-state index < -0.39 is 0 Å². The van der Waals surface area contributed by atoms with Crippen molar-refractivity contribution in [2.75, 3.05) is 0 Å². The summed E-state index contributed by atoms with van der Waals surface area (Å²) >= 11 is 0. The molecule has 0 radical (unpaired) electrons. The van der Waals surface area contributed by atoms with Crippen LogP contribution in [0.4, 0.5) is 0 Å². The van der Waals surface area contributed by atoms with Crippen molar-refractivity contribution in [3.63, 3.8) is 0 Å². The Kier molecular flexibility index (Phi) is 3.91. The van der Waals surface area contributed by atoms with E-state index in [1.54, 1.807) is 0 Å². The van der Waals surface area contributed by atoms with Crippen molar-refractivity contribution in [3.8, 4) is 0 Å². The Balaban J connectivity index is 1.63. The SMILES string of the molecule is CC(NC(=O)CCc1cn(C)c2ccccc12)c1ncon1. The number of nitrogens with zero attached hydrogens (tertiary/aromatic N) is 3. The number of carbonyl (C=O) groups excluding carboxylic acids is 1. The molecule has 1 aromatic carbocycles. The zero-order chi connectivity index (χ0) is 15.5. The van der Waals surface area contributed by atoms with Crippen LogP contribution in [-0.4, -0.2) is 20.6 Å². The van der Waals surface area contributed by atoms with E-state index in [4.69, 9.17) is 0 Å². The highest BCUT2D eigenvalue weighted by molar-refractivity contribution is 5.85. The first-order valence-corrected chi connectivity index (χ1v) is 7.23. The van der Waals surface area contributed by atoms with E-state index in [2.05, 4.69) is 42.9 Å². The summed E-state index contributed by atoms with van der Waals surface area (Å²) in [5, 5.41) is 7.80. The number of para-hydroxylation sites is 1. The molecule has 0 aliphatic carbocycles. The summed E-state index contributed by atoms with van der Waals surface area (Å²) in [5.41, 5.74) is 2.36. The van der Waals surface area contributed by atoms with Gasteiger partial charge in [0.05, 0.1) is 6.04 Å². The lowest BCUT2D eigenvalue weighted by Crippen LogP contribution is -2.27. The molecule has 6 nitrogen and oxygen atoms in total. The molecule has 22 heavy (non-hydrogen) atoms. The van der Waals surface area contributed by atoms with E-state index in [1.807, 2.05) is 26.1 Å². The molecule has 0 aliphatic rings. The van der Waals surface area contributed by atoms with E-state index in [-0.39, 0.29) is 11.9 Å². The summed E-state index contributed by atoms with van der Waals surface area (Å²) in [4.78, 5) is 16.0. The van der Waals surface area contributed by atoms with Crippen molar-refractivity contribution >= 4 is 16.8 Å². The van der Waals surface area contributed by atoms with Crippen LogP contribution < -0.4 is 5.32 Å². The first-order valence-electron chi connectivity index (χ1n) is 7.23. The zero-order valence-corrected chi connectivity index (χ0v) is 12.6. The minimum Gasteiger partial charge on any atom is -0.350 e. The second-order valence-corrected chi connectivity index (χ2v) is 5.36. The van der Waals surface area contributed by atoms with Crippen LogP contribution in [0.1, 0.15) is 30.8 Å². The van der Waals surface area contributed by atoms with Gasteiger partial charge in [0.2, 0.25) is 12.3 Å². The Morgan fingerprint density at radius 3 is 3.00 bits per heavy atom. The summed E-state index contributed by atoms with van der Waals surface area (Å²) in [6, 6.07) is 7.95. The Morgan fingerprint density at radius 2 is 2.23 bits per heavy atom. The molecule has 0 fully saturated rings. The van der Waals surface area contributed by atoms with Crippen LogP contribution >= 0.6 is 0 Å². The number of benzene rings is 1. The third-order valence-corrected chi connectivity index (χ3v) is 3.74. The Labute approximate surface area is 128 Å². The van der Waals surface area contributed by atoms with Gasteiger partial charge in [-0.05, 0) is 25.0 Å². The average Bonchev–Trinajstić information content (AvgIpc) is 3.14. The van der Waals surface area contributed by atoms with Crippen molar-refractivity contribution in [3.05, 3.63) is 48.2 Å². The topological polar surface area (TPSA) is 73.0 Å². The summed E-state index contributed by atoms with van der Waals surface area (Å²) in [6.07, 6.45) is 4.47. The quantitative estimate of drug-likeness (QED) is 0.785. The first-order chi connectivity index (χ1) is 10.6. The number of aromatic nitrogens is 3. The number of hydrogen-bond acceptors (Lipinski definition) is 4. The number of rotatable bonds is 5. The van der Waals surface area contributed by atoms with Gasteiger partial charge in [0.1, 0.15) is 0 Å². The van der Waals surface area contributed by atoms with Crippen LogP contribution in [0.15, 0.2) is 41.4 Å². The highest BCUT2D eigenvalue weighted by atomic mass is 16.5. The lowest BCUT2D eigenvalue weighted by Gasteiger charge is -2.09. The first kappa shape index (κ1) is 14.3. The normalized spacial score (nSPS) is 12.5. The Bertz CT molecular complexity index is 777. The van der Waals surface area contributed by atoms with Gasteiger partial charge in [-0.15, -0.1) is 0 Å². The lowest BCUT2D eigenvalue weighted by molar-refractivity contribution is -0.121. The zero-order valence-electron chi connectivity index (χ0n) is 12.6. The summed E-state index contributed by atoms with van der Waals surface area (Å²) in [5.74, 6) is 0.462. The van der Waals surface area contributed by atoms with Gasteiger partial charge in [-0.25, -0.2) is 0 Å². The van der Waals surface area contributed by atoms with E-state index in [0.717, 1.165) is 0 Å². The molecule has 0 saturated heterocycles. The fourth-order valence-corrected chi connectivity index (χ4v) is 2.62. The molecule has 0 bridgehead atoms. The Hall–Kier alpha value is -2.63. The van der Waals surface area contributed by atoms with Crippen LogP contribution in [0, 0.1) is 0 Å². The highest BCUT2D eigenvalue weighted by Crippen LogP contribution is 2.21. The van der Waals surface area contributed by atoms with Crippen molar-refractivity contribution in [2.45, 2.75) is 25.8 Å². The van der Waals surface area contributed by atoms with Crippen molar-refractivity contribution in [1.29, 1.82) is 0 Å². The van der Waals surface area contributed by atoms with Gasteiger partial charge in [-0.2, -0.15) is 4.98 Å². The molecule has 2 heterocycles. The minimum absolute atomic E-state index is 0.0229. The van der Waals surface area contributed by atoms with Crippen LogP contribution in [-0.2, 0) is 18.3 Å². The molecule has 6 heteroatoms. The fourth-order valence-electron chi connectivity index (χ4n) is 2.62. The number of amides is 1. The number of nitrogens with one attached hydrogen (secondary N) is 1. The third-order valence-electron chi connectivity index (χ3n) is 3.74. The fraction of sp³-hybridized carbons (Fsp3) is 0.312. The van der Waals surface area contributed by atoms with Gasteiger partial charge >= 0.3 is 0 Å². The molecule has 3 rings (SSSR count). The summed E-state index contributed by atoms with van der Waals surface area (Å²) in [7, 11) is 2.02. The number of carbonyl (C=O) groups is 1. The van der Waals surface area contributed by atoms with Gasteiger partial charge in [0.25, 0.3) is 0 Å². The smallest absolute Gasteiger partial charge is 0.220 e. The van der Waals surface area contributed by atoms with Crippen molar-refractivity contribution in [1.82, 2.24) is 20.0 Å². The van der Waals surface area contributed by atoms with Crippen LogP contribution in [0.5, 0.6) is 0 Å². The number of fused-ring (bicyclic) bond motifs is 1. The monoisotopic (exact) mass is 298 g/mol. The highest BCUT2D eigenvalue weighted by Gasteiger charge is 2.14. The maximum atomic E-state index is 12.1. The molecule has 0 saturated carbocycles. The van der Waals surface area contributed by atoms with Crippen LogP contribution in [0.2, 0.25) is 0 Å². The molecular weight excluding hydrogens is 280 g/mol. The molecule has 3 aromatic rings. The maximum absolute atomic E-state index is 12.1. The lowest BCUT2D eigenvalue weighted by atomic mass is 10.1. The number of aryl methyl sites for hydroxylation is 2. The van der Waals surface area contributed by atoms with Gasteiger partial charge in [0.15, 0.2) is 5.82 Å². The summed E-state index contributed by atoms with van der Waals surface area (Å²) < 4.78 is 6.77. The van der Waals surface area contributed by atoms with Gasteiger partial charge in [0, 0.05) is 30.6 Å². The van der Waals surface area contributed by atoms with Gasteiger partial charge < -0.3 is 14.4 Å².